The number of ether oxygens (including phenoxy) is 1. The first-order valence-electron chi connectivity index (χ1n) is 7.64. The normalized spacial score (nSPS) is 16.3. The molecule has 25 heavy (non-hydrogen) atoms. The van der Waals surface area contributed by atoms with Gasteiger partial charge in [0.1, 0.15) is 23.2 Å². The predicted molar refractivity (Wildman–Crippen MR) is 94.7 cm³/mol. The summed E-state index contributed by atoms with van der Waals surface area (Å²) in [4.78, 5) is 0. The van der Waals surface area contributed by atoms with Crippen molar-refractivity contribution in [1.29, 1.82) is 5.26 Å². The van der Waals surface area contributed by atoms with Crippen LogP contribution in [-0.4, -0.2) is 0 Å². The maximum Gasteiger partial charge on any atom is 0.205 e. The highest BCUT2D eigenvalue weighted by molar-refractivity contribution is 6.36. The Labute approximate surface area is 148 Å². The van der Waals surface area contributed by atoms with E-state index in [1.54, 1.807) is 18.2 Å². The van der Waals surface area contributed by atoms with Crippen molar-refractivity contribution in [3.05, 3.63) is 88.0 Å². The number of allylic oxidation sites excluding steroid dienone is 1. The van der Waals surface area contributed by atoms with Gasteiger partial charge in [0.2, 0.25) is 5.88 Å². The van der Waals surface area contributed by atoms with E-state index in [2.05, 4.69) is 6.07 Å². The molecule has 0 aliphatic carbocycles. The first kappa shape index (κ1) is 15.5. The predicted octanol–water partition coefficient (Wildman–Crippen LogP) is 4.85. The Morgan fingerprint density at radius 1 is 1.08 bits per heavy atom. The van der Waals surface area contributed by atoms with E-state index < -0.39 is 5.92 Å². The Bertz CT molecular complexity index is 1070. The summed E-state index contributed by atoms with van der Waals surface area (Å²) in [5.74, 6) is -0.179. The van der Waals surface area contributed by atoms with Gasteiger partial charge in [-0.1, -0.05) is 48.0 Å². The van der Waals surface area contributed by atoms with Crippen molar-refractivity contribution in [2.24, 2.45) is 5.73 Å². The smallest absolute Gasteiger partial charge is 0.205 e. The lowest BCUT2D eigenvalue weighted by Gasteiger charge is -2.28. The first-order chi connectivity index (χ1) is 12.1. The van der Waals surface area contributed by atoms with Crippen molar-refractivity contribution >= 4 is 22.4 Å². The molecule has 5 heteroatoms. The van der Waals surface area contributed by atoms with Gasteiger partial charge in [0, 0.05) is 21.4 Å². The van der Waals surface area contributed by atoms with Gasteiger partial charge in [0.15, 0.2) is 0 Å². The molecule has 0 fully saturated rings. The first-order valence-corrected chi connectivity index (χ1v) is 8.02. The van der Waals surface area contributed by atoms with Gasteiger partial charge in [-0.05, 0) is 23.8 Å². The molecule has 1 aliphatic heterocycles. The molecule has 1 atom stereocenters. The summed E-state index contributed by atoms with van der Waals surface area (Å²) in [5.41, 5.74) is 7.79. The number of benzene rings is 3. The Balaban J connectivity index is 2.04. The zero-order chi connectivity index (χ0) is 17.6. The third-order valence-electron chi connectivity index (χ3n) is 4.37. The molecular formula is C20H12ClFN2O. The second-order valence-corrected chi connectivity index (χ2v) is 6.21. The number of fused-ring (bicyclic) bond motifs is 3. The average molecular weight is 351 g/mol. The number of nitrogens with zero attached hydrogens (tertiary/aromatic N) is 1. The van der Waals surface area contributed by atoms with E-state index in [4.69, 9.17) is 22.1 Å². The lowest BCUT2D eigenvalue weighted by atomic mass is 9.82. The Morgan fingerprint density at radius 3 is 2.44 bits per heavy atom. The van der Waals surface area contributed by atoms with Gasteiger partial charge in [0.05, 0.1) is 5.92 Å². The Morgan fingerprint density at radius 2 is 1.76 bits per heavy atom. The van der Waals surface area contributed by atoms with Crippen molar-refractivity contribution < 1.29 is 9.13 Å². The molecule has 1 aliphatic rings. The zero-order valence-corrected chi connectivity index (χ0v) is 13.7. The van der Waals surface area contributed by atoms with E-state index in [1.807, 2.05) is 24.3 Å². The zero-order valence-electron chi connectivity index (χ0n) is 13.0. The number of halogens is 2. The lowest BCUT2D eigenvalue weighted by molar-refractivity contribution is 0.398. The highest BCUT2D eigenvalue weighted by Crippen LogP contribution is 2.47. The van der Waals surface area contributed by atoms with Crippen LogP contribution in [0.1, 0.15) is 17.0 Å². The molecule has 4 rings (SSSR count). The van der Waals surface area contributed by atoms with E-state index in [0.717, 1.165) is 21.9 Å². The molecule has 0 bridgehead atoms. The summed E-state index contributed by atoms with van der Waals surface area (Å²) in [7, 11) is 0. The van der Waals surface area contributed by atoms with Crippen LogP contribution < -0.4 is 10.5 Å². The van der Waals surface area contributed by atoms with Gasteiger partial charge >= 0.3 is 0 Å². The van der Waals surface area contributed by atoms with Crippen molar-refractivity contribution in [3.63, 3.8) is 0 Å². The van der Waals surface area contributed by atoms with Crippen LogP contribution in [0.2, 0.25) is 5.02 Å². The van der Waals surface area contributed by atoms with Gasteiger partial charge in [-0.15, -0.1) is 0 Å². The lowest BCUT2D eigenvalue weighted by Crippen LogP contribution is -2.21. The summed E-state index contributed by atoms with van der Waals surface area (Å²) >= 11 is 6.45. The summed E-state index contributed by atoms with van der Waals surface area (Å²) in [6, 6.07) is 17.5. The van der Waals surface area contributed by atoms with Crippen LogP contribution in [-0.2, 0) is 0 Å². The van der Waals surface area contributed by atoms with Gasteiger partial charge in [-0.2, -0.15) is 5.26 Å². The minimum absolute atomic E-state index is 0.0526. The maximum absolute atomic E-state index is 13.3. The molecule has 0 saturated carbocycles. The summed E-state index contributed by atoms with van der Waals surface area (Å²) in [6.07, 6.45) is 0. The molecule has 0 saturated heterocycles. The fraction of sp³-hybridized carbons (Fsp3) is 0.0500. The molecule has 2 N–H and O–H groups in total. The van der Waals surface area contributed by atoms with Crippen LogP contribution in [0.25, 0.3) is 10.8 Å². The maximum atomic E-state index is 13.3. The average Bonchev–Trinajstić information content (AvgIpc) is 2.63. The van der Waals surface area contributed by atoms with Gasteiger partial charge < -0.3 is 10.5 Å². The molecular weight excluding hydrogens is 339 g/mol. The SMILES string of the molecule is N#CC1=C(N)Oc2c(cc(Cl)c3ccccc23)C1c1ccc(F)cc1. The number of hydrogen-bond acceptors (Lipinski definition) is 3. The number of hydrogen-bond donors (Lipinski definition) is 1. The largest absolute Gasteiger partial charge is 0.440 e. The molecule has 3 nitrogen and oxygen atoms in total. The monoisotopic (exact) mass is 350 g/mol. The minimum Gasteiger partial charge on any atom is -0.440 e. The second-order valence-electron chi connectivity index (χ2n) is 5.80. The molecule has 0 aromatic heterocycles. The van der Waals surface area contributed by atoms with E-state index in [1.165, 1.54) is 12.1 Å². The van der Waals surface area contributed by atoms with Crippen LogP contribution in [0, 0.1) is 17.1 Å². The van der Waals surface area contributed by atoms with Crippen molar-refractivity contribution in [2.45, 2.75) is 5.92 Å². The molecule has 1 heterocycles. The topological polar surface area (TPSA) is 59.0 Å². The number of nitrogens with two attached hydrogens (primary N) is 1. The van der Waals surface area contributed by atoms with Crippen LogP contribution in [0.5, 0.6) is 5.75 Å². The highest BCUT2D eigenvalue weighted by Gasteiger charge is 2.32. The van der Waals surface area contributed by atoms with Crippen molar-refractivity contribution in [2.75, 3.05) is 0 Å². The third-order valence-corrected chi connectivity index (χ3v) is 4.69. The van der Waals surface area contributed by atoms with Crippen molar-refractivity contribution in [1.82, 2.24) is 0 Å². The summed E-state index contributed by atoms with van der Waals surface area (Å²) in [5, 5.41) is 11.8. The standard InChI is InChI=1S/C20H12ClFN2O/c21-17-9-15-18(11-5-7-12(22)8-6-11)16(10-23)20(24)25-19(15)14-4-2-1-3-13(14)17/h1-9,18H,24H2. The quantitative estimate of drug-likeness (QED) is 0.682. The molecule has 0 amide bonds. The summed E-state index contributed by atoms with van der Waals surface area (Å²) in [6.45, 7) is 0. The van der Waals surface area contributed by atoms with Gasteiger partial charge in [-0.3, -0.25) is 0 Å². The van der Waals surface area contributed by atoms with Gasteiger partial charge in [-0.25, -0.2) is 4.39 Å². The molecule has 0 spiro atoms. The fourth-order valence-electron chi connectivity index (χ4n) is 3.24. The highest BCUT2D eigenvalue weighted by atomic mass is 35.5. The number of nitriles is 1. The van der Waals surface area contributed by atoms with E-state index in [0.29, 0.717) is 10.8 Å². The van der Waals surface area contributed by atoms with Crippen LogP contribution in [0.15, 0.2) is 66.1 Å². The Hall–Kier alpha value is -3.03. The van der Waals surface area contributed by atoms with E-state index >= 15 is 0 Å². The third kappa shape index (κ3) is 2.41. The molecule has 122 valence electrons. The van der Waals surface area contributed by atoms with Crippen LogP contribution >= 0.6 is 11.6 Å². The van der Waals surface area contributed by atoms with E-state index in [9.17, 15) is 9.65 Å². The second kappa shape index (κ2) is 5.80. The Kier molecular flexibility index (Phi) is 3.60. The fourth-order valence-corrected chi connectivity index (χ4v) is 3.52. The molecule has 3 aromatic rings. The number of rotatable bonds is 1. The summed E-state index contributed by atoms with van der Waals surface area (Å²) < 4.78 is 19.1. The van der Waals surface area contributed by atoms with Gasteiger partial charge in [0.25, 0.3) is 0 Å². The van der Waals surface area contributed by atoms with Crippen LogP contribution in [0.4, 0.5) is 4.39 Å². The van der Waals surface area contributed by atoms with Crippen molar-refractivity contribution in [3.8, 4) is 11.8 Å². The van der Waals surface area contributed by atoms with E-state index in [-0.39, 0.29) is 17.3 Å². The molecule has 0 radical (unpaired) electrons. The molecule has 1 unspecified atom stereocenters. The van der Waals surface area contributed by atoms with Crippen LogP contribution in [0.3, 0.4) is 0 Å². The minimum atomic E-state index is -0.462. The molecule has 3 aromatic carbocycles.